The number of thiophene rings is 1. The van der Waals surface area contributed by atoms with Crippen LogP contribution in [-0.2, 0) is 6.54 Å². The van der Waals surface area contributed by atoms with E-state index in [0.717, 1.165) is 36.6 Å². The van der Waals surface area contributed by atoms with E-state index in [1.165, 1.54) is 21.8 Å². The van der Waals surface area contributed by atoms with Crippen molar-refractivity contribution in [1.82, 2.24) is 15.0 Å². The van der Waals surface area contributed by atoms with Crippen LogP contribution in [-0.4, -0.2) is 47.1 Å². The highest BCUT2D eigenvalue weighted by Crippen LogP contribution is 2.16. The van der Waals surface area contributed by atoms with E-state index in [1.54, 1.807) is 0 Å². The lowest BCUT2D eigenvalue weighted by Gasteiger charge is -2.31. The average molecular weight is 369 g/mol. The first-order valence-corrected chi connectivity index (χ1v) is 9.63. The number of carbonyl (C=O) groups is 1. The van der Waals surface area contributed by atoms with Crippen molar-refractivity contribution < 1.29 is 14.2 Å². The van der Waals surface area contributed by atoms with E-state index in [0.29, 0.717) is 18.3 Å². The van der Waals surface area contributed by atoms with Gasteiger partial charge in [0, 0.05) is 5.56 Å². The molecule has 4 rings (SSSR count). The van der Waals surface area contributed by atoms with Gasteiger partial charge in [-0.2, -0.15) is 4.98 Å². The predicted octanol–water partition coefficient (Wildman–Crippen LogP) is 1.65. The molecule has 1 aliphatic heterocycles. The van der Waals surface area contributed by atoms with Crippen molar-refractivity contribution >= 4 is 17.2 Å². The van der Waals surface area contributed by atoms with Crippen LogP contribution in [0.4, 0.5) is 0 Å². The van der Waals surface area contributed by atoms with Gasteiger partial charge in [0.15, 0.2) is 6.54 Å². The monoisotopic (exact) mass is 369 g/mol. The van der Waals surface area contributed by atoms with Crippen molar-refractivity contribution in [3.63, 3.8) is 0 Å². The molecule has 7 heteroatoms. The summed E-state index contributed by atoms with van der Waals surface area (Å²) < 4.78 is 5.42. The Bertz CT molecular complexity index is 865. The van der Waals surface area contributed by atoms with Gasteiger partial charge in [-0.15, -0.1) is 11.3 Å². The molecule has 1 aromatic carbocycles. The lowest BCUT2D eigenvalue weighted by atomic mass is 10.1. The Hall–Kier alpha value is -2.51. The molecular weight excluding hydrogens is 348 g/mol. The van der Waals surface area contributed by atoms with E-state index in [1.807, 2.05) is 46.7 Å². The third-order valence-corrected chi connectivity index (χ3v) is 5.53. The lowest BCUT2D eigenvalue weighted by Crippen LogP contribution is -3.13. The Morgan fingerprint density at radius 1 is 1.23 bits per heavy atom. The highest BCUT2D eigenvalue weighted by Gasteiger charge is 2.26. The van der Waals surface area contributed by atoms with Gasteiger partial charge < -0.3 is 14.3 Å². The topological polar surface area (TPSA) is 63.7 Å². The zero-order chi connectivity index (χ0) is 17.9. The second kappa shape index (κ2) is 7.39. The van der Waals surface area contributed by atoms with Crippen molar-refractivity contribution in [1.29, 1.82) is 0 Å². The predicted molar refractivity (Wildman–Crippen MR) is 99.1 cm³/mol. The number of aromatic nitrogens is 2. The molecule has 0 saturated carbocycles. The molecule has 6 nitrogen and oxygen atoms in total. The van der Waals surface area contributed by atoms with E-state index in [4.69, 9.17) is 4.52 Å². The van der Waals surface area contributed by atoms with Crippen LogP contribution in [0.25, 0.3) is 11.4 Å². The van der Waals surface area contributed by atoms with Gasteiger partial charge in [-0.3, -0.25) is 4.79 Å². The van der Waals surface area contributed by atoms with Gasteiger partial charge in [-0.25, -0.2) is 0 Å². The molecule has 0 unspecified atom stereocenters. The molecule has 0 aliphatic carbocycles. The van der Waals surface area contributed by atoms with Crippen molar-refractivity contribution in [2.75, 3.05) is 26.2 Å². The highest BCUT2D eigenvalue weighted by molar-refractivity contribution is 7.12. The van der Waals surface area contributed by atoms with Gasteiger partial charge in [-0.1, -0.05) is 41.1 Å². The standard InChI is InChI=1S/C19H20N4O2S/c1-14-4-6-15(7-5-14)18-20-17(25-21-18)13-22-8-10-23(11-9-22)19(24)16-3-2-12-26-16/h2-7,12H,8-11,13H2,1H3/p+1. The summed E-state index contributed by atoms with van der Waals surface area (Å²) in [5, 5.41) is 6.04. The molecule has 1 aliphatic rings. The molecule has 1 saturated heterocycles. The van der Waals surface area contributed by atoms with Crippen molar-refractivity contribution in [3.05, 3.63) is 58.1 Å². The number of benzene rings is 1. The maximum Gasteiger partial charge on any atom is 0.282 e. The molecule has 3 aromatic rings. The molecule has 0 bridgehead atoms. The smallest absolute Gasteiger partial charge is 0.282 e. The Kier molecular flexibility index (Phi) is 4.81. The first-order valence-electron chi connectivity index (χ1n) is 8.75. The first kappa shape index (κ1) is 16.9. The summed E-state index contributed by atoms with van der Waals surface area (Å²) in [6, 6.07) is 11.9. The van der Waals surface area contributed by atoms with Crippen molar-refractivity contribution in [3.8, 4) is 11.4 Å². The molecule has 0 radical (unpaired) electrons. The molecule has 1 amide bonds. The number of amides is 1. The second-order valence-corrected chi connectivity index (χ2v) is 7.52. The summed E-state index contributed by atoms with van der Waals surface area (Å²) in [5.74, 6) is 1.41. The third kappa shape index (κ3) is 3.68. The summed E-state index contributed by atoms with van der Waals surface area (Å²) in [7, 11) is 0. The number of hydrogen-bond acceptors (Lipinski definition) is 5. The molecule has 1 fully saturated rings. The van der Waals surface area contributed by atoms with Gasteiger partial charge in [0.25, 0.3) is 11.8 Å². The third-order valence-electron chi connectivity index (χ3n) is 4.67. The quantitative estimate of drug-likeness (QED) is 0.760. The van der Waals surface area contributed by atoms with Crippen LogP contribution in [0.3, 0.4) is 0 Å². The fourth-order valence-corrected chi connectivity index (χ4v) is 3.81. The summed E-state index contributed by atoms with van der Waals surface area (Å²) in [4.78, 5) is 21.0. The first-order chi connectivity index (χ1) is 12.7. The SMILES string of the molecule is Cc1ccc(-c2noc(C[NH+]3CCN(C(=O)c4cccs4)CC3)n2)cc1. The number of hydrogen-bond donors (Lipinski definition) is 1. The minimum absolute atomic E-state index is 0.137. The van der Waals surface area contributed by atoms with Gasteiger partial charge in [-0.05, 0) is 18.4 Å². The minimum atomic E-state index is 0.137. The van der Waals surface area contributed by atoms with Crippen LogP contribution >= 0.6 is 11.3 Å². The maximum atomic E-state index is 12.4. The number of rotatable bonds is 4. The van der Waals surface area contributed by atoms with Crippen LogP contribution < -0.4 is 4.90 Å². The van der Waals surface area contributed by atoms with E-state index in [-0.39, 0.29) is 5.91 Å². The fraction of sp³-hybridized carbons (Fsp3) is 0.316. The Balaban J connectivity index is 1.33. The van der Waals surface area contributed by atoms with Gasteiger partial charge in [0.1, 0.15) is 0 Å². The van der Waals surface area contributed by atoms with Gasteiger partial charge in [0.05, 0.1) is 31.1 Å². The normalized spacial score (nSPS) is 15.3. The summed E-state index contributed by atoms with van der Waals surface area (Å²) >= 11 is 1.50. The van der Waals surface area contributed by atoms with Crippen LogP contribution in [0, 0.1) is 6.92 Å². The number of nitrogens with zero attached hydrogens (tertiary/aromatic N) is 3. The van der Waals surface area contributed by atoms with E-state index < -0.39 is 0 Å². The molecule has 26 heavy (non-hydrogen) atoms. The second-order valence-electron chi connectivity index (χ2n) is 6.57. The van der Waals surface area contributed by atoms with Crippen molar-refractivity contribution in [2.45, 2.75) is 13.5 Å². The number of nitrogens with one attached hydrogen (secondary N) is 1. The van der Waals surface area contributed by atoms with Crippen LogP contribution in [0.2, 0.25) is 0 Å². The summed E-state index contributed by atoms with van der Waals surface area (Å²) in [6.45, 7) is 6.03. The molecule has 1 N–H and O–H groups in total. The van der Waals surface area contributed by atoms with Crippen LogP contribution in [0.5, 0.6) is 0 Å². The maximum absolute atomic E-state index is 12.4. The van der Waals surface area contributed by atoms with Gasteiger partial charge >= 0.3 is 0 Å². The van der Waals surface area contributed by atoms with E-state index >= 15 is 0 Å². The Labute approximate surface area is 156 Å². The molecule has 3 heterocycles. The molecular formula is C19H21N4O2S+. The Morgan fingerprint density at radius 3 is 2.69 bits per heavy atom. The van der Waals surface area contributed by atoms with E-state index in [2.05, 4.69) is 17.1 Å². The molecule has 0 atom stereocenters. The zero-order valence-electron chi connectivity index (χ0n) is 14.6. The summed E-state index contributed by atoms with van der Waals surface area (Å²) in [6.07, 6.45) is 0. The number of quaternary nitrogens is 1. The molecule has 2 aromatic heterocycles. The number of piperazine rings is 1. The van der Waals surface area contributed by atoms with Gasteiger partial charge in [0.2, 0.25) is 5.82 Å². The molecule has 134 valence electrons. The minimum Gasteiger partial charge on any atom is -0.333 e. The van der Waals surface area contributed by atoms with Crippen LogP contribution in [0.15, 0.2) is 46.3 Å². The number of aryl methyl sites for hydroxylation is 1. The number of carbonyl (C=O) groups excluding carboxylic acids is 1. The largest absolute Gasteiger partial charge is 0.333 e. The fourth-order valence-electron chi connectivity index (χ4n) is 3.12. The van der Waals surface area contributed by atoms with Crippen molar-refractivity contribution in [2.24, 2.45) is 0 Å². The van der Waals surface area contributed by atoms with E-state index in [9.17, 15) is 4.79 Å². The Morgan fingerprint density at radius 2 is 2.00 bits per heavy atom. The molecule has 0 spiro atoms. The summed E-state index contributed by atoms with van der Waals surface area (Å²) in [5.41, 5.74) is 2.17. The van der Waals surface area contributed by atoms with Crippen LogP contribution in [0.1, 0.15) is 21.1 Å². The average Bonchev–Trinajstić information content (AvgIpc) is 3.35. The lowest BCUT2D eigenvalue weighted by molar-refractivity contribution is -0.918. The highest BCUT2D eigenvalue weighted by atomic mass is 32.1. The zero-order valence-corrected chi connectivity index (χ0v) is 15.5.